The molecular weight excluding hydrogens is 120 g/mol. The molecule has 1 aliphatic rings. The molecule has 0 aliphatic heterocycles. The van der Waals surface area contributed by atoms with E-state index in [0.29, 0.717) is 0 Å². The van der Waals surface area contributed by atoms with Crippen LogP contribution in [0.5, 0.6) is 0 Å². The van der Waals surface area contributed by atoms with Gasteiger partial charge in [-0.05, 0) is 30.7 Å². The van der Waals surface area contributed by atoms with Gasteiger partial charge >= 0.3 is 0 Å². The third kappa shape index (κ3) is 1.93. The average Bonchev–Trinajstić information content (AvgIpc) is 2.17. The van der Waals surface area contributed by atoms with E-state index in [-0.39, 0.29) is 0 Å². The van der Waals surface area contributed by atoms with Crippen molar-refractivity contribution >= 4 is 0 Å². The van der Waals surface area contributed by atoms with E-state index in [4.69, 9.17) is 0 Å². The van der Waals surface area contributed by atoms with Crippen molar-refractivity contribution in [3.05, 3.63) is 53.8 Å². The first-order valence-corrected chi connectivity index (χ1v) is 3.35. The maximum atomic E-state index is 2.99. The highest BCUT2D eigenvalue weighted by molar-refractivity contribution is 5.36. The van der Waals surface area contributed by atoms with Gasteiger partial charge in [0.2, 0.25) is 0 Å². The van der Waals surface area contributed by atoms with Crippen LogP contribution in [0.2, 0.25) is 0 Å². The highest BCUT2D eigenvalue weighted by atomic mass is 13.9. The Hall–Kier alpha value is -1.26. The summed E-state index contributed by atoms with van der Waals surface area (Å²) in [5.74, 6) is 0. The number of allylic oxidation sites excluding steroid dienone is 7. The molecular formula is C10H10. The van der Waals surface area contributed by atoms with E-state index >= 15 is 0 Å². The second kappa shape index (κ2) is 3.71. The molecule has 0 amide bonds. The quantitative estimate of drug-likeness (QED) is 0.479. The fourth-order valence-electron chi connectivity index (χ4n) is 0.774. The van der Waals surface area contributed by atoms with Crippen LogP contribution in [0.3, 0.4) is 0 Å². The molecule has 0 radical (unpaired) electrons. The number of hydrogen-bond donors (Lipinski definition) is 0. The molecule has 1 rings (SSSR count). The Kier molecular flexibility index (Phi) is 2.54. The Morgan fingerprint density at radius 3 is 3.10 bits per heavy atom. The van der Waals surface area contributed by atoms with Gasteiger partial charge in [-0.3, -0.25) is 0 Å². The van der Waals surface area contributed by atoms with E-state index in [0.717, 1.165) is 0 Å². The van der Waals surface area contributed by atoms with Gasteiger partial charge in [0.15, 0.2) is 0 Å². The van der Waals surface area contributed by atoms with Crippen LogP contribution in [0, 0.1) is 0 Å². The molecule has 0 heteroatoms. The Balaban J connectivity index is 2.81. The van der Waals surface area contributed by atoms with E-state index in [9.17, 15) is 0 Å². The molecule has 0 spiro atoms. The largest absolute Gasteiger partial charge is 0.121 e. The zero-order chi connectivity index (χ0) is 7.23. The summed E-state index contributed by atoms with van der Waals surface area (Å²) < 4.78 is 0. The van der Waals surface area contributed by atoms with Crippen LogP contribution in [0.25, 0.3) is 0 Å². The molecule has 1 aliphatic carbocycles. The second-order valence-corrected chi connectivity index (χ2v) is 2.03. The summed E-state index contributed by atoms with van der Waals surface area (Å²) >= 11 is 0. The van der Waals surface area contributed by atoms with E-state index in [1.165, 1.54) is 5.57 Å². The van der Waals surface area contributed by atoms with Crippen LogP contribution in [-0.4, -0.2) is 0 Å². The molecule has 0 aromatic carbocycles. The predicted molar refractivity (Wildman–Crippen MR) is 44.7 cm³/mol. The lowest BCUT2D eigenvalue weighted by atomic mass is 10.2. The number of rotatable bonds is 1. The summed E-state index contributed by atoms with van der Waals surface area (Å²) in [6.45, 7) is 2.01. The van der Waals surface area contributed by atoms with Crippen molar-refractivity contribution in [3.63, 3.8) is 0 Å². The third-order valence-electron chi connectivity index (χ3n) is 1.21. The first-order valence-electron chi connectivity index (χ1n) is 3.35. The van der Waals surface area contributed by atoms with Crippen molar-refractivity contribution in [1.82, 2.24) is 0 Å². The summed E-state index contributed by atoms with van der Waals surface area (Å²) in [7, 11) is 0. The minimum absolute atomic E-state index is 1.21. The van der Waals surface area contributed by atoms with Gasteiger partial charge in [0.25, 0.3) is 0 Å². The summed E-state index contributed by atoms with van der Waals surface area (Å²) in [4.78, 5) is 0. The molecule has 0 atom stereocenters. The molecule has 50 valence electrons. The molecule has 10 heavy (non-hydrogen) atoms. The fourth-order valence-corrected chi connectivity index (χ4v) is 0.774. The second-order valence-electron chi connectivity index (χ2n) is 2.03. The zero-order valence-electron chi connectivity index (χ0n) is 6.04. The molecule has 0 unspecified atom stereocenters. The van der Waals surface area contributed by atoms with Crippen LogP contribution in [-0.2, 0) is 0 Å². The molecule has 0 saturated carbocycles. The molecule has 0 saturated heterocycles. The minimum atomic E-state index is 1.21. The van der Waals surface area contributed by atoms with Crippen LogP contribution < -0.4 is 0 Å². The average molecular weight is 130 g/mol. The van der Waals surface area contributed by atoms with Gasteiger partial charge in [-0.25, -0.2) is 0 Å². The van der Waals surface area contributed by atoms with Crippen molar-refractivity contribution in [2.75, 3.05) is 0 Å². The molecule has 0 nitrogen and oxygen atoms in total. The highest BCUT2D eigenvalue weighted by Crippen LogP contribution is 2.01. The molecule has 0 bridgehead atoms. The molecule has 0 aromatic heterocycles. The van der Waals surface area contributed by atoms with Crippen molar-refractivity contribution in [2.24, 2.45) is 0 Å². The van der Waals surface area contributed by atoms with Gasteiger partial charge in [-0.2, -0.15) is 0 Å². The van der Waals surface area contributed by atoms with E-state index < -0.39 is 0 Å². The lowest BCUT2D eigenvalue weighted by Gasteiger charge is -1.86. The summed E-state index contributed by atoms with van der Waals surface area (Å²) in [5.41, 5.74) is 4.20. The minimum Gasteiger partial charge on any atom is -0.121 e. The monoisotopic (exact) mass is 130 g/mol. The van der Waals surface area contributed by atoms with Crippen LogP contribution in [0.15, 0.2) is 53.8 Å². The third-order valence-corrected chi connectivity index (χ3v) is 1.21. The topological polar surface area (TPSA) is 0 Å². The van der Waals surface area contributed by atoms with Crippen molar-refractivity contribution in [2.45, 2.75) is 6.92 Å². The normalized spacial score (nSPS) is 15.9. The Morgan fingerprint density at radius 2 is 2.30 bits per heavy atom. The highest BCUT2D eigenvalue weighted by Gasteiger charge is 1.81. The van der Waals surface area contributed by atoms with Crippen molar-refractivity contribution in [1.29, 1.82) is 0 Å². The first-order chi connectivity index (χ1) is 4.93. The Bertz CT molecular complexity index is 243. The maximum Gasteiger partial charge on any atom is -0.0194 e. The van der Waals surface area contributed by atoms with Crippen LogP contribution in [0.1, 0.15) is 6.92 Å². The Morgan fingerprint density at radius 1 is 1.40 bits per heavy atom. The lowest BCUT2D eigenvalue weighted by Crippen LogP contribution is -1.66. The maximum absolute atomic E-state index is 2.99. The van der Waals surface area contributed by atoms with Gasteiger partial charge in [0.05, 0.1) is 0 Å². The van der Waals surface area contributed by atoms with E-state index in [2.05, 4.69) is 17.9 Å². The van der Waals surface area contributed by atoms with Gasteiger partial charge in [-0.15, -0.1) is 5.73 Å². The molecule has 0 fully saturated rings. The van der Waals surface area contributed by atoms with Gasteiger partial charge in [-0.1, -0.05) is 24.3 Å². The SMILES string of the molecule is CC=CC1=CC=C=CC=C1. The lowest BCUT2D eigenvalue weighted by molar-refractivity contribution is 1.64. The molecule has 0 aromatic rings. The first kappa shape index (κ1) is 6.85. The number of hydrogen-bond acceptors (Lipinski definition) is 0. The smallest absolute Gasteiger partial charge is 0.0194 e. The summed E-state index contributed by atoms with van der Waals surface area (Å²) in [6.07, 6.45) is 14.0. The van der Waals surface area contributed by atoms with Crippen molar-refractivity contribution in [3.8, 4) is 0 Å². The summed E-state index contributed by atoms with van der Waals surface area (Å²) in [5, 5.41) is 0. The van der Waals surface area contributed by atoms with E-state index in [1.807, 2.05) is 37.3 Å². The molecule has 0 N–H and O–H groups in total. The van der Waals surface area contributed by atoms with Crippen molar-refractivity contribution < 1.29 is 0 Å². The van der Waals surface area contributed by atoms with Crippen LogP contribution in [0.4, 0.5) is 0 Å². The zero-order valence-corrected chi connectivity index (χ0v) is 6.04. The fraction of sp³-hybridized carbons (Fsp3) is 0.100. The molecule has 0 heterocycles. The van der Waals surface area contributed by atoms with Gasteiger partial charge in [0.1, 0.15) is 0 Å². The van der Waals surface area contributed by atoms with Crippen LogP contribution >= 0.6 is 0 Å². The Labute approximate surface area is 61.6 Å². The summed E-state index contributed by atoms with van der Waals surface area (Å²) in [6, 6.07) is 0. The predicted octanol–water partition coefficient (Wildman–Crippen LogP) is 2.77. The van der Waals surface area contributed by atoms with Gasteiger partial charge in [0, 0.05) is 0 Å². The standard InChI is InChI=1S/C10H10/c1-2-7-10-8-5-3-4-6-9-10/h2-3,5-9H,1H3. The van der Waals surface area contributed by atoms with Gasteiger partial charge < -0.3 is 0 Å². The van der Waals surface area contributed by atoms with E-state index in [1.54, 1.807) is 0 Å².